The SMILES string of the molecule is CCN1C(=O)N(C)C(=O)C12CCN(Cc1cn[nH]c1-c1ccc(OC)cc1)CC2. The molecule has 1 aromatic carbocycles. The fourth-order valence-corrected chi connectivity index (χ4v) is 4.56. The van der Waals surface area contributed by atoms with E-state index >= 15 is 0 Å². The molecule has 3 amide bonds. The Kier molecular flexibility index (Phi) is 5.04. The number of methoxy groups -OCH3 is 1. The molecule has 154 valence electrons. The van der Waals surface area contributed by atoms with E-state index in [-0.39, 0.29) is 11.9 Å². The fourth-order valence-electron chi connectivity index (χ4n) is 4.56. The molecule has 2 fully saturated rings. The largest absolute Gasteiger partial charge is 0.497 e. The molecule has 8 nitrogen and oxygen atoms in total. The molecule has 4 rings (SSSR count). The second-order valence-corrected chi connectivity index (χ2v) is 7.70. The minimum atomic E-state index is -0.674. The molecule has 0 aliphatic carbocycles. The summed E-state index contributed by atoms with van der Waals surface area (Å²) in [7, 11) is 3.24. The standard InChI is InChI=1S/C21H27N5O3/c1-4-26-20(28)24(2)19(27)21(26)9-11-25(12-10-21)14-16-13-22-23-18(16)15-5-7-17(29-3)8-6-15/h5-8,13H,4,9-12,14H2,1-3H3,(H,22,23). The lowest BCUT2D eigenvalue weighted by molar-refractivity contribution is -0.134. The first-order valence-electron chi connectivity index (χ1n) is 9.99. The van der Waals surface area contributed by atoms with Crippen LogP contribution in [0.2, 0.25) is 0 Å². The van der Waals surface area contributed by atoms with E-state index in [9.17, 15) is 9.59 Å². The summed E-state index contributed by atoms with van der Waals surface area (Å²) in [5.41, 5.74) is 2.49. The summed E-state index contributed by atoms with van der Waals surface area (Å²) in [6.45, 7) is 4.76. The number of imide groups is 1. The number of carbonyl (C=O) groups is 2. The number of aromatic amines is 1. The molecule has 0 bridgehead atoms. The van der Waals surface area contributed by atoms with Gasteiger partial charge in [0.2, 0.25) is 0 Å². The maximum atomic E-state index is 12.8. The average Bonchev–Trinajstić information content (AvgIpc) is 3.28. The number of urea groups is 1. The van der Waals surface area contributed by atoms with Crippen molar-refractivity contribution < 1.29 is 14.3 Å². The van der Waals surface area contributed by atoms with Gasteiger partial charge in [0.15, 0.2) is 0 Å². The van der Waals surface area contributed by atoms with Crippen molar-refractivity contribution in [2.24, 2.45) is 0 Å². The van der Waals surface area contributed by atoms with E-state index in [1.165, 1.54) is 4.90 Å². The zero-order valence-corrected chi connectivity index (χ0v) is 17.1. The molecule has 3 heterocycles. The van der Waals surface area contributed by atoms with Gasteiger partial charge in [-0.25, -0.2) is 4.79 Å². The number of likely N-dealkylation sites (N-methyl/N-ethyl adjacent to an activating group) is 2. The Balaban J connectivity index is 1.46. The average molecular weight is 397 g/mol. The highest BCUT2D eigenvalue weighted by atomic mass is 16.5. The molecule has 0 saturated carbocycles. The number of amides is 3. The summed E-state index contributed by atoms with van der Waals surface area (Å²) in [6.07, 6.45) is 3.18. The minimum absolute atomic E-state index is 0.0637. The number of carbonyl (C=O) groups excluding carboxylic acids is 2. The lowest BCUT2D eigenvalue weighted by atomic mass is 9.85. The predicted octanol–water partition coefficient (Wildman–Crippen LogP) is 2.33. The summed E-state index contributed by atoms with van der Waals surface area (Å²) < 4.78 is 5.23. The Labute approximate surface area is 170 Å². The van der Waals surface area contributed by atoms with Crippen molar-refractivity contribution in [2.45, 2.75) is 31.8 Å². The number of nitrogens with zero attached hydrogens (tertiary/aromatic N) is 4. The molecule has 29 heavy (non-hydrogen) atoms. The first-order valence-corrected chi connectivity index (χ1v) is 9.99. The van der Waals surface area contributed by atoms with Crippen LogP contribution in [0.4, 0.5) is 4.79 Å². The zero-order chi connectivity index (χ0) is 20.6. The van der Waals surface area contributed by atoms with Crippen molar-refractivity contribution >= 4 is 11.9 Å². The van der Waals surface area contributed by atoms with Crippen LogP contribution in [0.3, 0.4) is 0 Å². The Morgan fingerprint density at radius 1 is 1.17 bits per heavy atom. The van der Waals surface area contributed by atoms with Gasteiger partial charge in [-0.3, -0.25) is 19.7 Å². The van der Waals surface area contributed by atoms with Crippen molar-refractivity contribution in [3.63, 3.8) is 0 Å². The zero-order valence-electron chi connectivity index (χ0n) is 17.1. The molecule has 0 radical (unpaired) electrons. The van der Waals surface area contributed by atoms with E-state index in [1.807, 2.05) is 37.4 Å². The first kappa shape index (κ1) is 19.4. The predicted molar refractivity (Wildman–Crippen MR) is 108 cm³/mol. The van der Waals surface area contributed by atoms with E-state index in [1.54, 1.807) is 19.1 Å². The molecular formula is C21H27N5O3. The summed E-state index contributed by atoms with van der Waals surface area (Å²) >= 11 is 0. The lowest BCUT2D eigenvalue weighted by Gasteiger charge is -2.41. The van der Waals surface area contributed by atoms with Crippen molar-refractivity contribution in [3.8, 4) is 17.0 Å². The van der Waals surface area contributed by atoms with Gasteiger partial charge in [0, 0.05) is 44.4 Å². The van der Waals surface area contributed by atoms with Crippen molar-refractivity contribution in [1.82, 2.24) is 24.9 Å². The van der Waals surface area contributed by atoms with Gasteiger partial charge in [-0.15, -0.1) is 0 Å². The van der Waals surface area contributed by atoms with E-state index in [0.29, 0.717) is 19.4 Å². The maximum Gasteiger partial charge on any atom is 0.327 e. The van der Waals surface area contributed by atoms with E-state index in [4.69, 9.17) is 4.74 Å². The fraction of sp³-hybridized carbons (Fsp3) is 0.476. The third-order valence-corrected chi connectivity index (χ3v) is 6.23. The molecule has 0 unspecified atom stereocenters. The van der Waals surface area contributed by atoms with Crippen LogP contribution in [0, 0.1) is 0 Å². The second-order valence-electron chi connectivity index (χ2n) is 7.70. The van der Waals surface area contributed by atoms with Gasteiger partial charge in [-0.05, 0) is 44.0 Å². The third-order valence-electron chi connectivity index (χ3n) is 6.23. The molecule has 1 spiro atoms. The number of aromatic nitrogens is 2. The highest BCUT2D eigenvalue weighted by Gasteiger charge is 2.56. The molecule has 0 atom stereocenters. The number of likely N-dealkylation sites (tertiary alicyclic amines) is 1. The monoisotopic (exact) mass is 397 g/mol. The number of ether oxygens (including phenoxy) is 1. The van der Waals surface area contributed by atoms with Crippen LogP contribution in [-0.4, -0.2) is 76.2 Å². The van der Waals surface area contributed by atoms with Crippen LogP contribution in [0.25, 0.3) is 11.3 Å². The number of nitrogens with one attached hydrogen (secondary N) is 1. The van der Waals surface area contributed by atoms with Gasteiger partial charge in [-0.2, -0.15) is 5.10 Å². The topological polar surface area (TPSA) is 81.8 Å². The van der Waals surface area contributed by atoms with Crippen LogP contribution in [0.5, 0.6) is 5.75 Å². The molecule has 1 aromatic heterocycles. The van der Waals surface area contributed by atoms with Crippen LogP contribution in [-0.2, 0) is 11.3 Å². The van der Waals surface area contributed by atoms with Gasteiger partial charge in [0.1, 0.15) is 11.3 Å². The summed E-state index contributed by atoms with van der Waals surface area (Å²) in [5, 5.41) is 7.34. The van der Waals surface area contributed by atoms with Gasteiger partial charge in [-0.1, -0.05) is 0 Å². The Bertz CT molecular complexity index is 899. The van der Waals surface area contributed by atoms with Crippen LogP contribution < -0.4 is 4.74 Å². The van der Waals surface area contributed by atoms with Gasteiger partial charge >= 0.3 is 6.03 Å². The Morgan fingerprint density at radius 3 is 2.48 bits per heavy atom. The lowest BCUT2D eigenvalue weighted by Crippen LogP contribution is -2.56. The number of H-pyrrole nitrogens is 1. The third kappa shape index (κ3) is 3.17. The summed E-state index contributed by atoms with van der Waals surface area (Å²) in [5.74, 6) is 0.753. The van der Waals surface area contributed by atoms with Crippen LogP contribution in [0.1, 0.15) is 25.3 Å². The van der Waals surface area contributed by atoms with Crippen molar-refractivity contribution in [3.05, 3.63) is 36.0 Å². The Morgan fingerprint density at radius 2 is 1.86 bits per heavy atom. The van der Waals surface area contributed by atoms with Gasteiger partial charge < -0.3 is 9.64 Å². The molecule has 1 N–H and O–H groups in total. The van der Waals surface area contributed by atoms with Crippen molar-refractivity contribution in [1.29, 1.82) is 0 Å². The van der Waals surface area contributed by atoms with Crippen LogP contribution >= 0.6 is 0 Å². The summed E-state index contributed by atoms with van der Waals surface area (Å²) in [6, 6.07) is 7.71. The smallest absolute Gasteiger partial charge is 0.327 e. The molecule has 2 aromatic rings. The first-order chi connectivity index (χ1) is 14.0. The molecule has 2 saturated heterocycles. The highest BCUT2D eigenvalue weighted by molar-refractivity contribution is 6.06. The number of hydrogen-bond donors (Lipinski definition) is 1. The minimum Gasteiger partial charge on any atom is -0.497 e. The molecular weight excluding hydrogens is 370 g/mol. The quantitative estimate of drug-likeness (QED) is 0.783. The number of hydrogen-bond acceptors (Lipinski definition) is 5. The maximum absolute atomic E-state index is 12.8. The van der Waals surface area contributed by atoms with Gasteiger partial charge in [0.05, 0.1) is 19.0 Å². The second kappa shape index (κ2) is 7.51. The molecule has 8 heteroatoms. The highest BCUT2D eigenvalue weighted by Crippen LogP contribution is 2.37. The molecule has 2 aliphatic heterocycles. The Hall–Kier alpha value is -2.87. The normalized spacial score (nSPS) is 19.4. The van der Waals surface area contributed by atoms with Crippen molar-refractivity contribution in [2.75, 3.05) is 33.8 Å². The molecule has 2 aliphatic rings. The van der Waals surface area contributed by atoms with E-state index < -0.39 is 5.54 Å². The van der Waals surface area contributed by atoms with E-state index in [0.717, 1.165) is 42.2 Å². The van der Waals surface area contributed by atoms with Crippen LogP contribution in [0.15, 0.2) is 30.5 Å². The van der Waals surface area contributed by atoms with Gasteiger partial charge in [0.25, 0.3) is 5.91 Å². The number of rotatable bonds is 5. The number of benzene rings is 1. The number of piperidine rings is 1. The van der Waals surface area contributed by atoms with E-state index in [2.05, 4.69) is 15.1 Å². The summed E-state index contributed by atoms with van der Waals surface area (Å²) in [4.78, 5) is 30.5.